The summed E-state index contributed by atoms with van der Waals surface area (Å²) in [7, 11) is 0. The molecule has 20 heavy (non-hydrogen) atoms. The second-order valence-corrected chi connectivity index (χ2v) is 5.24. The molecule has 0 spiro atoms. The van der Waals surface area contributed by atoms with Gasteiger partial charge in [0.05, 0.1) is 11.6 Å². The van der Waals surface area contributed by atoms with Gasteiger partial charge < -0.3 is 0 Å². The van der Waals surface area contributed by atoms with E-state index in [1.165, 1.54) is 5.57 Å². The van der Waals surface area contributed by atoms with Crippen LogP contribution in [0.4, 0.5) is 4.39 Å². The van der Waals surface area contributed by atoms with Crippen LogP contribution in [0.3, 0.4) is 0 Å². The summed E-state index contributed by atoms with van der Waals surface area (Å²) in [4.78, 5) is 0. The summed E-state index contributed by atoms with van der Waals surface area (Å²) in [6, 6.07) is 9.31. The number of hydrogen-bond acceptors (Lipinski definition) is 1. The highest BCUT2D eigenvalue weighted by Gasteiger charge is 2.24. The maximum absolute atomic E-state index is 14.6. The highest BCUT2D eigenvalue weighted by molar-refractivity contribution is 5.77. The van der Waals surface area contributed by atoms with Crippen molar-refractivity contribution in [1.29, 1.82) is 5.26 Å². The van der Waals surface area contributed by atoms with Gasteiger partial charge in [0.2, 0.25) is 0 Å². The molecule has 1 aliphatic rings. The molecule has 0 N–H and O–H groups in total. The fraction of sp³-hybridized carbons (Fsp3) is 0.389. The quantitative estimate of drug-likeness (QED) is 0.688. The zero-order valence-electron chi connectivity index (χ0n) is 12.2. The Hall–Kier alpha value is -1.88. The van der Waals surface area contributed by atoms with E-state index in [9.17, 15) is 4.39 Å². The van der Waals surface area contributed by atoms with Crippen LogP contribution < -0.4 is 0 Å². The van der Waals surface area contributed by atoms with Crippen LogP contribution in [0.1, 0.15) is 57.1 Å². The summed E-state index contributed by atoms with van der Waals surface area (Å²) in [5, 5.41) is 8.83. The predicted molar refractivity (Wildman–Crippen MR) is 80.6 cm³/mol. The number of hydrogen-bond donors (Lipinski definition) is 0. The molecular formula is C18H20FN. The van der Waals surface area contributed by atoms with Crippen LogP contribution in [0.2, 0.25) is 0 Å². The Bertz CT molecular complexity index is 585. The van der Waals surface area contributed by atoms with Gasteiger partial charge in [-0.05, 0) is 48.1 Å². The molecule has 0 atom stereocenters. The third-order valence-electron chi connectivity index (χ3n) is 3.76. The first kappa shape index (κ1) is 14.5. The highest BCUT2D eigenvalue weighted by Crippen LogP contribution is 2.42. The molecule has 104 valence electrons. The zero-order chi connectivity index (χ0) is 14.5. The predicted octanol–water partition coefficient (Wildman–Crippen LogP) is 5.54. The van der Waals surface area contributed by atoms with Crippen LogP contribution in [-0.4, -0.2) is 0 Å². The molecule has 1 nitrogen and oxygen atoms in total. The Labute approximate surface area is 120 Å². The fourth-order valence-electron chi connectivity index (χ4n) is 2.79. The van der Waals surface area contributed by atoms with Gasteiger partial charge in [-0.2, -0.15) is 5.26 Å². The molecule has 0 heterocycles. The lowest BCUT2D eigenvalue weighted by molar-refractivity contribution is 0.640. The van der Waals surface area contributed by atoms with Crippen molar-refractivity contribution in [1.82, 2.24) is 0 Å². The van der Waals surface area contributed by atoms with Crippen LogP contribution in [0.25, 0.3) is 5.57 Å². The lowest BCUT2D eigenvalue weighted by Crippen LogP contribution is -1.86. The molecule has 0 amide bonds. The van der Waals surface area contributed by atoms with Crippen molar-refractivity contribution >= 4 is 5.57 Å². The molecule has 0 aliphatic heterocycles. The standard InChI is InChI=1S/C18H20FN/c1-3-5-15-11-17(18(19)16(15)6-4-2)14-9-7-13(12-20)8-10-14/h7-10H,3-6,11H2,1-2H3. The van der Waals surface area contributed by atoms with E-state index >= 15 is 0 Å². The van der Waals surface area contributed by atoms with Crippen LogP contribution in [0.15, 0.2) is 41.2 Å². The van der Waals surface area contributed by atoms with E-state index in [1.54, 1.807) is 12.1 Å². The minimum atomic E-state index is -0.0278. The minimum Gasteiger partial charge on any atom is -0.206 e. The third-order valence-corrected chi connectivity index (χ3v) is 3.76. The van der Waals surface area contributed by atoms with Crippen molar-refractivity contribution in [3.63, 3.8) is 0 Å². The van der Waals surface area contributed by atoms with Gasteiger partial charge in [-0.25, -0.2) is 4.39 Å². The molecule has 1 aromatic carbocycles. The first-order valence-corrected chi connectivity index (χ1v) is 7.31. The van der Waals surface area contributed by atoms with E-state index in [0.29, 0.717) is 5.56 Å². The zero-order valence-corrected chi connectivity index (χ0v) is 12.2. The first-order chi connectivity index (χ1) is 9.71. The van der Waals surface area contributed by atoms with Crippen LogP contribution in [0.5, 0.6) is 0 Å². The van der Waals surface area contributed by atoms with Gasteiger partial charge in [-0.15, -0.1) is 0 Å². The summed E-state index contributed by atoms with van der Waals surface area (Å²) in [5.74, 6) is -0.0278. The molecule has 0 radical (unpaired) electrons. The average molecular weight is 269 g/mol. The average Bonchev–Trinajstić information content (AvgIpc) is 2.77. The highest BCUT2D eigenvalue weighted by atomic mass is 19.1. The smallest absolute Gasteiger partial charge is 0.130 e. The maximum Gasteiger partial charge on any atom is 0.130 e. The molecule has 0 unspecified atom stereocenters. The maximum atomic E-state index is 14.6. The van der Waals surface area contributed by atoms with Crippen molar-refractivity contribution in [2.24, 2.45) is 0 Å². The van der Waals surface area contributed by atoms with Gasteiger partial charge in [0.1, 0.15) is 5.83 Å². The van der Waals surface area contributed by atoms with Crippen LogP contribution in [-0.2, 0) is 0 Å². The van der Waals surface area contributed by atoms with Gasteiger partial charge >= 0.3 is 0 Å². The summed E-state index contributed by atoms with van der Waals surface area (Å²) in [6.45, 7) is 4.22. The van der Waals surface area contributed by atoms with Gasteiger partial charge in [0, 0.05) is 0 Å². The van der Waals surface area contributed by atoms with Gasteiger partial charge in [-0.3, -0.25) is 0 Å². The summed E-state index contributed by atoms with van der Waals surface area (Å²) < 4.78 is 14.6. The van der Waals surface area contributed by atoms with E-state index in [4.69, 9.17) is 5.26 Å². The third kappa shape index (κ3) is 2.82. The van der Waals surface area contributed by atoms with E-state index in [-0.39, 0.29) is 5.83 Å². The summed E-state index contributed by atoms with van der Waals surface area (Å²) in [6.07, 6.45) is 4.54. The Balaban J connectivity index is 2.32. The lowest BCUT2D eigenvalue weighted by atomic mass is 9.99. The number of allylic oxidation sites excluding steroid dienone is 4. The van der Waals surface area contributed by atoms with E-state index in [2.05, 4.69) is 19.9 Å². The first-order valence-electron chi connectivity index (χ1n) is 7.31. The van der Waals surface area contributed by atoms with Crippen molar-refractivity contribution in [2.75, 3.05) is 0 Å². The van der Waals surface area contributed by atoms with Crippen molar-refractivity contribution in [3.8, 4) is 6.07 Å². The van der Waals surface area contributed by atoms with Gasteiger partial charge in [0.25, 0.3) is 0 Å². The molecule has 1 aromatic rings. The molecule has 0 bridgehead atoms. The van der Waals surface area contributed by atoms with Crippen molar-refractivity contribution in [2.45, 2.75) is 46.0 Å². The molecule has 2 rings (SSSR count). The second-order valence-electron chi connectivity index (χ2n) is 5.24. The number of halogens is 1. The molecular weight excluding hydrogens is 249 g/mol. The van der Waals surface area contributed by atoms with Gasteiger partial charge in [-0.1, -0.05) is 44.4 Å². The Kier molecular flexibility index (Phi) is 4.74. The molecule has 0 saturated heterocycles. The Morgan fingerprint density at radius 3 is 2.30 bits per heavy atom. The number of benzene rings is 1. The van der Waals surface area contributed by atoms with E-state index in [1.807, 2.05) is 12.1 Å². The van der Waals surface area contributed by atoms with Gasteiger partial charge in [0.15, 0.2) is 0 Å². The van der Waals surface area contributed by atoms with Crippen LogP contribution in [0, 0.1) is 11.3 Å². The Morgan fingerprint density at radius 1 is 1.10 bits per heavy atom. The SMILES string of the molecule is CCCC1=C(CCC)C(F)=C(c2ccc(C#N)cc2)C1. The fourth-order valence-corrected chi connectivity index (χ4v) is 2.79. The Morgan fingerprint density at radius 2 is 1.75 bits per heavy atom. The largest absolute Gasteiger partial charge is 0.206 e. The molecule has 0 aromatic heterocycles. The second kappa shape index (κ2) is 6.52. The monoisotopic (exact) mass is 269 g/mol. The molecule has 0 saturated carbocycles. The normalized spacial score (nSPS) is 14.9. The molecule has 0 fully saturated rings. The molecule has 2 heteroatoms. The van der Waals surface area contributed by atoms with E-state index < -0.39 is 0 Å². The van der Waals surface area contributed by atoms with Crippen molar-refractivity contribution in [3.05, 3.63) is 52.4 Å². The summed E-state index contributed by atoms with van der Waals surface area (Å²) in [5.41, 5.74) is 4.49. The minimum absolute atomic E-state index is 0.0278. The van der Waals surface area contributed by atoms with Crippen LogP contribution >= 0.6 is 0 Å². The van der Waals surface area contributed by atoms with Crippen molar-refractivity contribution < 1.29 is 4.39 Å². The van der Waals surface area contributed by atoms with E-state index in [0.717, 1.165) is 48.8 Å². The lowest BCUT2D eigenvalue weighted by Gasteiger charge is -2.05. The number of rotatable bonds is 5. The topological polar surface area (TPSA) is 23.8 Å². The number of nitrogens with zero attached hydrogens (tertiary/aromatic N) is 1. The summed E-state index contributed by atoms with van der Waals surface area (Å²) >= 11 is 0. The molecule has 1 aliphatic carbocycles. The number of nitriles is 1.